The molecule has 0 fully saturated rings. The second-order valence-corrected chi connectivity index (χ2v) is 14.1. The third-order valence-corrected chi connectivity index (χ3v) is 11.0. The van der Waals surface area contributed by atoms with E-state index >= 15 is 0 Å². The molecule has 0 bridgehead atoms. The van der Waals surface area contributed by atoms with Crippen molar-refractivity contribution in [2.24, 2.45) is 0 Å². The van der Waals surface area contributed by atoms with Crippen LogP contribution in [0.3, 0.4) is 0 Å². The standard InChI is InChI=1S/C48H34N2O/c1-47(2)36-22-7-9-24-38(36)48(39-25-10-8-23-37(39)47)40-26-11-13-29-43(40)51-45-34(21-15-27-41(45)48)32-18-14-19-33(30-32)46-49-42-28-12-6-20-35(42)44(50-46)31-16-4-3-5-17-31/h3-30H,1-2H3. The first-order valence-corrected chi connectivity index (χ1v) is 17.6. The predicted molar refractivity (Wildman–Crippen MR) is 206 cm³/mol. The molecule has 0 saturated carbocycles. The average molecular weight is 655 g/mol. The maximum absolute atomic E-state index is 7.02. The number of fused-ring (bicyclic) bond motifs is 9. The summed E-state index contributed by atoms with van der Waals surface area (Å²) in [7, 11) is 0. The number of hydrogen-bond acceptors (Lipinski definition) is 3. The van der Waals surface area contributed by atoms with E-state index in [0.717, 1.165) is 61.5 Å². The zero-order valence-electron chi connectivity index (χ0n) is 28.5. The van der Waals surface area contributed by atoms with Crippen molar-refractivity contribution in [3.63, 3.8) is 0 Å². The van der Waals surface area contributed by atoms with Gasteiger partial charge in [-0.15, -0.1) is 0 Å². The normalized spacial score (nSPS) is 14.5. The molecule has 8 aromatic rings. The molecule has 3 nitrogen and oxygen atoms in total. The van der Waals surface area contributed by atoms with Gasteiger partial charge in [0.2, 0.25) is 0 Å². The second kappa shape index (κ2) is 11.1. The molecule has 10 rings (SSSR count). The van der Waals surface area contributed by atoms with E-state index in [0.29, 0.717) is 5.82 Å². The van der Waals surface area contributed by atoms with E-state index in [1.165, 1.54) is 22.3 Å². The molecule has 2 heterocycles. The van der Waals surface area contributed by atoms with Crippen LogP contribution in [-0.2, 0) is 10.8 Å². The Morgan fingerprint density at radius 3 is 1.78 bits per heavy atom. The molecule has 0 atom stereocenters. The SMILES string of the molecule is CC1(C)c2ccccc2C2(c3ccccc3Oc3c(-c4cccc(-c5nc(-c6ccccc6)c6ccccc6n5)c4)cccc32)c2ccccc21. The maximum Gasteiger partial charge on any atom is 0.160 e. The van der Waals surface area contributed by atoms with Gasteiger partial charge in [-0.05, 0) is 46.0 Å². The number of benzene rings is 7. The molecule has 1 spiro atoms. The monoisotopic (exact) mass is 654 g/mol. The fourth-order valence-electron chi connectivity index (χ4n) is 8.72. The maximum atomic E-state index is 7.02. The van der Waals surface area contributed by atoms with Crippen LogP contribution < -0.4 is 4.74 Å². The van der Waals surface area contributed by atoms with Crippen LogP contribution in [0.25, 0.3) is 44.7 Å². The molecule has 0 N–H and O–H groups in total. The summed E-state index contributed by atoms with van der Waals surface area (Å²) in [6.45, 7) is 4.70. The molecule has 1 aliphatic heterocycles. The van der Waals surface area contributed by atoms with Gasteiger partial charge in [0.15, 0.2) is 5.82 Å². The minimum absolute atomic E-state index is 0.170. The Kier molecular flexibility index (Phi) is 6.44. The van der Waals surface area contributed by atoms with Crippen LogP contribution in [0.1, 0.15) is 47.2 Å². The summed E-state index contributed by atoms with van der Waals surface area (Å²) in [5, 5.41) is 1.04. The van der Waals surface area contributed by atoms with Gasteiger partial charge in [0.25, 0.3) is 0 Å². The van der Waals surface area contributed by atoms with Gasteiger partial charge in [0.1, 0.15) is 11.5 Å². The van der Waals surface area contributed by atoms with E-state index in [2.05, 4.69) is 166 Å². The molecule has 0 saturated heterocycles. The molecule has 51 heavy (non-hydrogen) atoms. The van der Waals surface area contributed by atoms with Gasteiger partial charge >= 0.3 is 0 Å². The third kappa shape index (κ3) is 4.25. The van der Waals surface area contributed by atoms with E-state index < -0.39 is 5.41 Å². The molecule has 3 heteroatoms. The number of aromatic nitrogens is 2. The summed E-state index contributed by atoms with van der Waals surface area (Å²) < 4.78 is 7.02. The Morgan fingerprint density at radius 1 is 0.451 bits per heavy atom. The lowest BCUT2D eigenvalue weighted by Crippen LogP contribution is -2.43. The number of ether oxygens (including phenoxy) is 1. The molecule has 0 amide bonds. The van der Waals surface area contributed by atoms with Gasteiger partial charge in [0, 0.05) is 38.6 Å². The number of hydrogen-bond donors (Lipinski definition) is 0. The van der Waals surface area contributed by atoms with Crippen LogP contribution in [0.15, 0.2) is 170 Å². The van der Waals surface area contributed by atoms with Crippen LogP contribution in [0.5, 0.6) is 11.5 Å². The number of para-hydroxylation sites is 3. The first kappa shape index (κ1) is 29.6. The van der Waals surface area contributed by atoms with Crippen molar-refractivity contribution in [1.29, 1.82) is 0 Å². The lowest BCUT2D eigenvalue weighted by Gasteiger charge is -2.50. The summed E-state index contributed by atoms with van der Waals surface area (Å²) >= 11 is 0. The first-order valence-electron chi connectivity index (χ1n) is 17.6. The fourth-order valence-corrected chi connectivity index (χ4v) is 8.72. The summed E-state index contributed by atoms with van der Waals surface area (Å²) in [5.41, 5.74) is 12.8. The largest absolute Gasteiger partial charge is 0.456 e. The second-order valence-electron chi connectivity index (χ2n) is 14.1. The highest BCUT2D eigenvalue weighted by atomic mass is 16.5. The molecule has 0 radical (unpaired) electrons. The summed E-state index contributed by atoms with van der Waals surface area (Å²) in [5.74, 6) is 2.45. The van der Waals surface area contributed by atoms with Crippen molar-refractivity contribution < 1.29 is 4.74 Å². The average Bonchev–Trinajstić information content (AvgIpc) is 3.19. The Bertz CT molecular complexity index is 2610. The van der Waals surface area contributed by atoms with Crippen molar-refractivity contribution in [3.05, 3.63) is 203 Å². The Labute approximate surface area is 297 Å². The van der Waals surface area contributed by atoms with Crippen molar-refractivity contribution in [2.75, 3.05) is 0 Å². The topological polar surface area (TPSA) is 35.0 Å². The van der Waals surface area contributed by atoms with Crippen LogP contribution in [0, 0.1) is 0 Å². The molecule has 7 aromatic carbocycles. The summed E-state index contributed by atoms with van der Waals surface area (Å²) in [6.07, 6.45) is 0. The van der Waals surface area contributed by atoms with E-state index in [1.807, 2.05) is 18.2 Å². The zero-order chi connectivity index (χ0) is 34.2. The molecule has 0 unspecified atom stereocenters. The van der Waals surface area contributed by atoms with E-state index in [-0.39, 0.29) is 5.41 Å². The molecule has 1 aliphatic carbocycles. The molecular formula is C48H34N2O. The highest BCUT2D eigenvalue weighted by Crippen LogP contribution is 2.62. The van der Waals surface area contributed by atoms with Crippen LogP contribution in [-0.4, -0.2) is 9.97 Å². The lowest BCUT2D eigenvalue weighted by molar-refractivity contribution is 0.427. The highest BCUT2D eigenvalue weighted by molar-refractivity contribution is 5.94. The number of nitrogens with zero attached hydrogens (tertiary/aromatic N) is 2. The van der Waals surface area contributed by atoms with Crippen molar-refractivity contribution >= 4 is 10.9 Å². The van der Waals surface area contributed by atoms with Gasteiger partial charge in [-0.25, -0.2) is 9.97 Å². The van der Waals surface area contributed by atoms with E-state index in [1.54, 1.807) is 0 Å². The summed E-state index contributed by atoms with van der Waals surface area (Å²) in [4.78, 5) is 10.3. The third-order valence-electron chi connectivity index (χ3n) is 11.0. The zero-order valence-corrected chi connectivity index (χ0v) is 28.5. The van der Waals surface area contributed by atoms with Gasteiger partial charge in [-0.2, -0.15) is 0 Å². The van der Waals surface area contributed by atoms with Crippen molar-refractivity contribution in [2.45, 2.75) is 24.7 Å². The summed E-state index contributed by atoms with van der Waals surface area (Å²) in [6, 6.07) is 60.4. The van der Waals surface area contributed by atoms with E-state index in [9.17, 15) is 0 Å². The van der Waals surface area contributed by atoms with Crippen LogP contribution in [0.2, 0.25) is 0 Å². The first-order chi connectivity index (χ1) is 25.0. The predicted octanol–water partition coefficient (Wildman–Crippen LogP) is 11.8. The van der Waals surface area contributed by atoms with Gasteiger partial charge in [0.05, 0.1) is 16.6 Å². The van der Waals surface area contributed by atoms with Gasteiger partial charge < -0.3 is 4.74 Å². The number of rotatable bonds is 3. The highest BCUT2D eigenvalue weighted by Gasteiger charge is 2.53. The molecule has 2 aliphatic rings. The quantitative estimate of drug-likeness (QED) is 0.190. The Balaban J connectivity index is 1.21. The fraction of sp³-hybridized carbons (Fsp3) is 0.0833. The molecule has 1 aromatic heterocycles. The Morgan fingerprint density at radius 2 is 1.02 bits per heavy atom. The van der Waals surface area contributed by atoms with Gasteiger partial charge in [-0.3, -0.25) is 0 Å². The molecular weight excluding hydrogens is 621 g/mol. The minimum Gasteiger partial charge on any atom is -0.456 e. The molecule has 242 valence electrons. The van der Waals surface area contributed by atoms with E-state index in [4.69, 9.17) is 14.7 Å². The van der Waals surface area contributed by atoms with Crippen molar-refractivity contribution in [3.8, 4) is 45.3 Å². The van der Waals surface area contributed by atoms with Crippen LogP contribution in [0.4, 0.5) is 0 Å². The smallest absolute Gasteiger partial charge is 0.160 e. The lowest BCUT2D eigenvalue weighted by atomic mass is 9.53. The van der Waals surface area contributed by atoms with Crippen molar-refractivity contribution in [1.82, 2.24) is 9.97 Å². The minimum atomic E-state index is -0.563. The van der Waals surface area contributed by atoms with Gasteiger partial charge in [-0.1, -0.05) is 166 Å². The van der Waals surface area contributed by atoms with Crippen LogP contribution >= 0.6 is 0 Å². The Hall–Kier alpha value is -6.32.